The fourth-order valence-corrected chi connectivity index (χ4v) is 2.25. The minimum absolute atomic E-state index is 0.000633. The number of hydrogen-bond acceptors (Lipinski definition) is 4. The van der Waals surface area contributed by atoms with Crippen LogP contribution in [0.3, 0.4) is 0 Å². The summed E-state index contributed by atoms with van der Waals surface area (Å²) in [6.07, 6.45) is 7.84. The molecule has 1 aliphatic rings. The molecule has 0 unspecified atom stereocenters. The number of nitrogens with zero attached hydrogens (tertiary/aromatic N) is 2. The Bertz CT molecular complexity index is 336. The van der Waals surface area contributed by atoms with Crippen molar-refractivity contribution in [1.29, 1.82) is 0 Å². The van der Waals surface area contributed by atoms with Gasteiger partial charge in [-0.3, -0.25) is 4.98 Å². The molecule has 82 valence electrons. The third-order valence-corrected chi connectivity index (χ3v) is 3.13. The van der Waals surface area contributed by atoms with Crippen LogP contribution in [-0.4, -0.2) is 22.1 Å². The van der Waals surface area contributed by atoms with E-state index < -0.39 is 0 Å². The summed E-state index contributed by atoms with van der Waals surface area (Å²) in [5, 5.41) is 3.77. The molecule has 0 amide bonds. The lowest BCUT2D eigenvalue weighted by molar-refractivity contribution is 0.491. The molecule has 4 nitrogen and oxygen atoms in total. The van der Waals surface area contributed by atoms with Crippen molar-refractivity contribution in [3.05, 3.63) is 17.5 Å². The average molecular weight is 227 g/mol. The predicted octanol–water partition coefficient (Wildman–Crippen LogP) is 1.81. The van der Waals surface area contributed by atoms with E-state index in [2.05, 4.69) is 15.3 Å². The van der Waals surface area contributed by atoms with Gasteiger partial charge in [-0.2, -0.15) is 0 Å². The highest BCUT2D eigenvalue weighted by atomic mass is 35.5. The number of halogens is 1. The molecule has 1 aromatic rings. The maximum atomic E-state index is 5.81. The maximum absolute atomic E-state index is 5.81. The Balaban J connectivity index is 2.12. The van der Waals surface area contributed by atoms with Crippen LogP contribution in [0.25, 0.3) is 0 Å². The van der Waals surface area contributed by atoms with Crippen LogP contribution in [0.2, 0.25) is 5.15 Å². The van der Waals surface area contributed by atoms with Crippen molar-refractivity contribution >= 4 is 17.4 Å². The molecule has 1 aromatic heterocycles. The van der Waals surface area contributed by atoms with Gasteiger partial charge in [-0.1, -0.05) is 24.4 Å². The van der Waals surface area contributed by atoms with Gasteiger partial charge in [0.25, 0.3) is 0 Å². The summed E-state index contributed by atoms with van der Waals surface area (Å²) in [5.41, 5.74) is 5.81. The standard InChI is InChI=1S/C10H15ClN4/c11-8-5-13-6-9(14-8)15-10(7-12)3-1-2-4-10/h5-6H,1-4,7,12H2,(H,14,15). The lowest BCUT2D eigenvalue weighted by atomic mass is 9.98. The molecule has 5 heteroatoms. The zero-order valence-corrected chi connectivity index (χ0v) is 9.30. The van der Waals surface area contributed by atoms with Crippen molar-refractivity contribution in [3.63, 3.8) is 0 Å². The van der Waals surface area contributed by atoms with Gasteiger partial charge in [0.05, 0.1) is 17.9 Å². The second-order valence-electron chi connectivity index (χ2n) is 4.04. The fourth-order valence-electron chi connectivity index (χ4n) is 2.11. The van der Waals surface area contributed by atoms with Crippen LogP contribution in [0.15, 0.2) is 12.4 Å². The Morgan fingerprint density at radius 3 is 2.73 bits per heavy atom. The van der Waals surface area contributed by atoms with Crippen molar-refractivity contribution in [2.24, 2.45) is 5.73 Å². The molecule has 15 heavy (non-hydrogen) atoms. The predicted molar refractivity (Wildman–Crippen MR) is 60.9 cm³/mol. The molecule has 0 aliphatic heterocycles. The molecule has 3 N–H and O–H groups in total. The average Bonchev–Trinajstić information content (AvgIpc) is 2.67. The summed E-state index contributed by atoms with van der Waals surface area (Å²) in [6.45, 7) is 0.626. The van der Waals surface area contributed by atoms with Gasteiger partial charge in [-0.15, -0.1) is 0 Å². The highest BCUT2D eigenvalue weighted by Gasteiger charge is 2.32. The van der Waals surface area contributed by atoms with Gasteiger partial charge in [0.2, 0.25) is 0 Å². The Morgan fingerprint density at radius 1 is 1.40 bits per heavy atom. The first-order valence-corrected chi connectivity index (χ1v) is 5.58. The lowest BCUT2D eigenvalue weighted by Gasteiger charge is -2.29. The van der Waals surface area contributed by atoms with Gasteiger partial charge < -0.3 is 11.1 Å². The summed E-state index contributed by atoms with van der Waals surface area (Å²) in [5.74, 6) is 0.717. The quantitative estimate of drug-likeness (QED) is 0.825. The van der Waals surface area contributed by atoms with Crippen molar-refractivity contribution in [3.8, 4) is 0 Å². The van der Waals surface area contributed by atoms with Gasteiger partial charge >= 0.3 is 0 Å². The first-order chi connectivity index (χ1) is 7.24. The van der Waals surface area contributed by atoms with Crippen LogP contribution in [0.4, 0.5) is 5.82 Å². The Morgan fingerprint density at radius 2 is 2.13 bits per heavy atom. The lowest BCUT2D eigenvalue weighted by Crippen LogP contribution is -2.43. The molecular formula is C10H15ClN4. The zero-order chi connectivity index (χ0) is 10.7. The summed E-state index contributed by atoms with van der Waals surface area (Å²) in [7, 11) is 0. The number of nitrogens with two attached hydrogens (primary N) is 1. The normalized spacial score (nSPS) is 19.1. The smallest absolute Gasteiger partial charge is 0.149 e. The highest BCUT2D eigenvalue weighted by molar-refractivity contribution is 6.29. The summed E-state index contributed by atoms with van der Waals surface area (Å²) in [4.78, 5) is 8.16. The van der Waals surface area contributed by atoms with Crippen molar-refractivity contribution in [1.82, 2.24) is 9.97 Å². The van der Waals surface area contributed by atoms with E-state index in [1.165, 1.54) is 19.0 Å². The summed E-state index contributed by atoms with van der Waals surface area (Å²) >= 11 is 5.77. The van der Waals surface area contributed by atoms with Crippen LogP contribution in [0.1, 0.15) is 25.7 Å². The number of hydrogen-bond donors (Lipinski definition) is 2. The fraction of sp³-hybridized carbons (Fsp3) is 0.600. The van der Waals surface area contributed by atoms with E-state index in [0.29, 0.717) is 11.7 Å². The van der Waals surface area contributed by atoms with Crippen molar-refractivity contribution in [2.75, 3.05) is 11.9 Å². The van der Waals surface area contributed by atoms with E-state index in [4.69, 9.17) is 17.3 Å². The molecule has 0 saturated heterocycles. The molecule has 0 bridgehead atoms. The summed E-state index contributed by atoms with van der Waals surface area (Å²) in [6, 6.07) is 0. The first-order valence-electron chi connectivity index (χ1n) is 5.20. The minimum Gasteiger partial charge on any atom is -0.362 e. The van der Waals surface area contributed by atoms with E-state index >= 15 is 0 Å². The number of aromatic nitrogens is 2. The largest absolute Gasteiger partial charge is 0.362 e. The van der Waals surface area contributed by atoms with Gasteiger partial charge in [0.15, 0.2) is 0 Å². The molecule has 0 atom stereocenters. The van der Waals surface area contributed by atoms with Crippen LogP contribution in [0.5, 0.6) is 0 Å². The molecule has 1 saturated carbocycles. The Kier molecular flexibility index (Phi) is 3.07. The molecule has 0 radical (unpaired) electrons. The van der Waals surface area contributed by atoms with Gasteiger partial charge in [-0.25, -0.2) is 4.98 Å². The first kappa shape index (κ1) is 10.6. The number of anilines is 1. The molecule has 2 rings (SSSR count). The van der Waals surface area contributed by atoms with Crippen LogP contribution in [0, 0.1) is 0 Å². The van der Waals surface area contributed by atoms with Gasteiger partial charge in [0, 0.05) is 6.54 Å². The topological polar surface area (TPSA) is 63.8 Å². The van der Waals surface area contributed by atoms with E-state index in [1.807, 2.05) is 0 Å². The Labute approximate surface area is 94.2 Å². The van der Waals surface area contributed by atoms with E-state index in [0.717, 1.165) is 18.7 Å². The van der Waals surface area contributed by atoms with Crippen LogP contribution >= 0.6 is 11.6 Å². The zero-order valence-electron chi connectivity index (χ0n) is 8.54. The second-order valence-corrected chi connectivity index (χ2v) is 4.43. The molecular weight excluding hydrogens is 212 g/mol. The number of nitrogens with one attached hydrogen (secondary N) is 1. The monoisotopic (exact) mass is 226 g/mol. The molecule has 0 spiro atoms. The van der Waals surface area contributed by atoms with E-state index in [1.54, 1.807) is 6.20 Å². The van der Waals surface area contributed by atoms with Crippen LogP contribution in [-0.2, 0) is 0 Å². The minimum atomic E-state index is -0.000633. The maximum Gasteiger partial charge on any atom is 0.149 e. The third-order valence-electron chi connectivity index (χ3n) is 2.95. The van der Waals surface area contributed by atoms with Crippen molar-refractivity contribution in [2.45, 2.75) is 31.2 Å². The molecule has 1 heterocycles. The van der Waals surface area contributed by atoms with Gasteiger partial charge in [-0.05, 0) is 12.8 Å². The van der Waals surface area contributed by atoms with Gasteiger partial charge in [0.1, 0.15) is 11.0 Å². The number of rotatable bonds is 3. The van der Waals surface area contributed by atoms with E-state index in [-0.39, 0.29) is 5.54 Å². The van der Waals surface area contributed by atoms with Crippen LogP contribution < -0.4 is 11.1 Å². The summed E-state index contributed by atoms with van der Waals surface area (Å²) < 4.78 is 0. The third kappa shape index (κ3) is 2.38. The highest BCUT2D eigenvalue weighted by Crippen LogP contribution is 2.31. The van der Waals surface area contributed by atoms with E-state index in [9.17, 15) is 0 Å². The van der Waals surface area contributed by atoms with Crippen molar-refractivity contribution < 1.29 is 0 Å². The molecule has 1 aliphatic carbocycles. The molecule has 0 aromatic carbocycles. The second kappa shape index (κ2) is 4.33. The SMILES string of the molecule is NCC1(Nc2cncc(Cl)n2)CCCC1. The Hall–Kier alpha value is -0.870. The molecule has 1 fully saturated rings.